The van der Waals surface area contributed by atoms with Crippen LogP contribution in [-0.2, 0) is 11.3 Å². The van der Waals surface area contributed by atoms with Gasteiger partial charge < -0.3 is 19.7 Å². The summed E-state index contributed by atoms with van der Waals surface area (Å²) in [6.07, 6.45) is 7.25. The van der Waals surface area contributed by atoms with Gasteiger partial charge in [-0.15, -0.1) is 0 Å². The molecular weight excluding hydrogens is 450 g/mol. The highest BCUT2D eigenvalue weighted by Crippen LogP contribution is 2.30. The van der Waals surface area contributed by atoms with Gasteiger partial charge in [0.05, 0.1) is 32.0 Å². The Balaban J connectivity index is 1.80. The average molecular weight is 482 g/mol. The van der Waals surface area contributed by atoms with Gasteiger partial charge in [-0.2, -0.15) is 4.98 Å². The number of hydrogen-bond acceptors (Lipinski definition) is 9. The van der Waals surface area contributed by atoms with Crippen molar-refractivity contribution in [3.63, 3.8) is 0 Å². The van der Waals surface area contributed by atoms with Crippen molar-refractivity contribution in [3.8, 4) is 23.1 Å². The van der Waals surface area contributed by atoms with Gasteiger partial charge in [0.2, 0.25) is 11.8 Å². The molecule has 3 aromatic rings. The Bertz CT molecular complexity index is 1270. The molecule has 0 aromatic carbocycles. The average Bonchev–Trinajstić information content (AvgIpc) is 2.89. The summed E-state index contributed by atoms with van der Waals surface area (Å²) in [6.45, 7) is 0.525. The Labute approximate surface area is 203 Å². The van der Waals surface area contributed by atoms with Gasteiger partial charge >= 0.3 is 6.01 Å². The second kappa shape index (κ2) is 10.7. The first-order valence-electron chi connectivity index (χ1n) is 11.7. The second-order valence-corrected chi connectivity index (χ2v) is 8.84. The molecule has 0 aliphatic heterocycles. The molecule has 1 fully saturated rings. The highest BCUT2D eigenvalue weighted by Gasteiger charge is 2.21. The minimum atomic E-state index is -0.294. The zero-order valence-corrected chi connectivity index (χ0v) is 20.6. The van der Waals surface area contributed by atoms with Crippen LogP contribution in [0.15, 0.2) is 23.1 Å². The largest absolute Gasteiger partial charge is 0.480 e. The van der Waals surface area contributed by atoms with Gasteiger partial charge in [0.15, 0.2) is 11.5 Å². The maximum Gasteiger partial charge on any atom is 0.319 e. The molecule has 1 aliphatic rings. The van der Waals surface area contributed by atoms with Gasteiger partial charge in [-0.05, 0) is 30.9 Å². The van der Waals surface area contributed by atoms with Crippen LogP contribution in [0.25, 0.3) is 22.4 Å². The number of likely N-dealkylation sites (N-methyl/N-ethyl adjacent to an activating group) is 1. The van der Waals surface area contributed by atoms with Crippen molar-refractivity contribution >= 4 is 22.9 Å². The van der Waals surface area contributed by atoms with Crippen LogP contribution in [-0.4, -0.2) is 70.2 Å². The lowest BCUT2D eigenvalue weighted by Crippen LogP contribution is -2.33. The summed E-state index contributed by atoms with van der Waals surface area (Å²) in [6, 6.07) is 3.77. The van der Waals surface area contributed by atoms with E-state index in [9.17, 15) is 9.59 Å². The number of fused-ring (bicyclic) bond motifs is 1. The fourth-order valence-electron chi connectivity index (χ4n) is 4.28. The Morgan fingerprint density at radius 3 is 2.57 bits per heavy atom. The quantitative estimate of drug-likeness (QED) is 0.516. The summed E-state index contributed by atoms with van der Waals surface area (Å²) >= 11 is 0. The first-order valence-corrected chi connectivity index (χ1v) is 11.7. The number of pyridine rings is 1. The number of hydrogen-bond donors (Lipinski definition) is 1. The first-order chi connectivity index (χ1) is 16.9. The number of aromatic nitrogens is 5. The zero-order valence-electron chi connectivity index (χ0n) is 20.6. The highest BCUT2D eigenvalue weighted by atomic mass is 16.5. The van der Waals surface area contributed by atoms with E-state index in [0.717, 1.165) is 25.7 Å². The van der Waals surface area contributed by atoms with Crippen LogP contribution in [0.4, 0.5) is 5.82 Å². The topological polar surface area (TPSA) is 124 Å². The number of nitrogens with one attached hydrogen (secondary N) is 1. The van der Waals surface area contributed by atoms with E-state index < -0.39 is 0 Å². The van der Waals surface area contributed by atoms with E-state index in [1.165, 1.54) is 25.5 Å². The van der Waals surface area contributed by atoms with E-state index in [0.29, 0.717) is 40.8 Å². The standard InChI is InChI=1S/C24H31N7O4/c1-30(2)19(32)13-25-20-23(33)31(14-15-8-6-5-7-9-15)21-18(27-20)11-10-17(28-21)16-12-26-24(35-4)29-22(16)34-3/h10-12,15H,5-9,13-14H2,1-4H3,(H,25,27). The molecule has 11 heteroatoms. The van der Waals surface area contributed by atoms with Crippen molar-refractivity contribution in [3.05, 3.63) is 28.7 Å². The molecule has 3 aromatic heterocycles. The van der Waals surface area contributed by atoms with Crippen LogP contribution in [0.5, 0.6) is 11.9 Å². The van der Waals surface area contributed by atoms with Crippen molar-refractivity contribution in [1.82, 2.24) is 29.4 Å². The lowest BCUT2D eigenvalue weighted by Gasteiger charge is -2.23. The second-order valence-electron chi connectivity index (χ2n) is 8.84. The maximum atomic E-state index is 13.5. The predicted octanol–water partition coefficient (Wildman–Crippen LogP) is 2.35. The fraction of sp³-hybridized carbons (Fsp3) is 0.500. The molecular formula is C24H31N7O4. The molecule has 0 spiro atoms. The van der Waals surface area contributed by atoms with E-state index in [1.54, 1.807) is 37.0 Å². The Hall–Kier alpha value is -3.76. The van der Waals surface area contributed by atoms with E-state index in [4.69, 9.17) is 14.5 Å². The maximum absolute atomic E-state index is 13.5. The van der Waals surface area contributed by atoms with E-state index >= 15 is 0 Å². The zero-order chi connectivity index (χ0) is 24.9. The molecule has 0 radical (unpaired) electrons. The number of amides is 1. The summed E-state index contributed by atoms with van der Waals surface area (Å²) < 4.78 is 12.2. The molecule has 35 heavy (non-hydrogen) atoms. The SMILES string of the molecule is COc1ncc(-c2ccc3nc(NCC(=O)N(C)C)c(=O)n(CC4CCCCC4)c3n2)c(OC)n1. The van der Waals surface area contributed by atoms with Crippen LogP contribution < -0.4 is 20.3 Å². The summed E-state index contributed by atoms with van der Waals surface area (Å²) in [7, 11) is 6.33. The van der Waals surface area contributed by atoms with E-state index in [2.05, 4.69) is 20.3 Å². The summed E-state index contributed by atoms with van der Waals surface area (Å²) in [4.78, 5) is 44.8. The number of nitrogens with zero attached hydrogens (tertiary/aromatic N) is 6. The van der Waals surface area contributed by atoms with Crippen LogP contribution in [0.2, 0.25) is 0 Å². The summed E-state index contributed by atoms with van der Waals surface area (Å²) in [5, 5.41) is 2.92. The van der Waals surface area contributed by atoms with Gasteiger partial charge in [0.1, 0.15) is 5.52 Å². The van der Waals surface area contributed by atoms with Crippen molar-refractivity contribution in [1.29, 1.82) is 0 Å². The molecule has 3 heterocycles. The monoisotopic (exact) mass is 481 g/mol. The number of anilines is 1. The molecule has 4 rings (SSSR count). The van der Waals surface area contributed by atoms with Gasteiger partial charge in [-0.3, -0.25) is 14.2 Å². The molecule has 0 bridgehead atoms. The van der Waals surface area contributed by atoms with Gasteiger partial charge in [0.25, 0.3) is 5.56 Å². The molecule has 1 N–H and O–H groups in total. The minimum absolute atomic E-state index is 0.0178. The molecule has 186 valence electrons. The number of methoxy groups -OCH3 is 2. The number of rotatable bonds is 8. The third-order valence-corrected chi connectivity index (χ3v) is 6.25. The van der Waals surface area contributed by atoms with Gasteiger partial charge in [-0.1, -0.05) is 19.3 Å². The smallest absolute Gasteiger partial charge is 0.319 e. The summed E-state index contributed by atoms with van der Waals surface area (Å²) in [5.74, 6) is 0.694. The van der Waals surface area contributed by atoms with Gasteiger partial charge in [0, 0.05) is 26.8 Å². The molecule has 11 nitrogen and oxygen atoms in total. The molecule has 1 aliphatic carbocycles. The van der Waals surface area contributed by atoms with Gasteiger partial charge in [-0.25, -0.2) is 15.0 Å². The van der Waals surface area contributed by atoms with E-state index in [1.807, 2.05) is 0 Å². The number of carbonyl (C=O) groups is 1. The molecule has 1 amide bonds. The van der Waals surface area contributed by atoms with Crippen molar-refractivity contribution < 1.29 is 14.3 Å². The third kappa shape index (κ3) is 5.33. The van der Waals surface area contributed by atoms with Crippen LogP contribution >= 0.6 is 0 Å². The molecule has 0 saturated heterocycles. The van der Waals surface area contributed by atoms with Crippen molar-refractivity contribution in [2.75, 3.05) is 40.2 Å². The highest BCUT2D eigenvalue weighted by molar-refractivity contribution is 5.81. The van der Waals surface area contributed by atoms with Crippen molar-refractivity contribution in [2.24, 2.45) is 5.92 Å². The summed E-state index contributed by atoms with van der Waals surface area (Å²) in [5.41, 5.74) is 1.86. The fourth-order valence-corrected chi connectivity index (χ4v) is 4.28. The van der Waals surface area contributed by atoms with Crippen LogP contribution in [0, 0.1) is 5.92 Å². The lowest BCUT2D eigenvalue weighted by molar-refractivity contribution is -0.126. The van der Waals surface area contributed by atoms with Crippen LogP contribution in [0.1, 0.15) is 32.1 Å². The normalized spacial score (nSPS) is 14.1. The molecule has 0 unspecified atom stereocenters. The first kappa shape index (κ1) is 24.4. The predicted molar refractivity (Wildman–Crippen MR) is 132 cm³/mol. The Kier molecular flexibility index (Phi) is 7.42. The third-order valence-electron chi connectivity index (χ3n) is 6.25. The number of carbonyl (C=O) groups excluding carboxylic acids is 1. The molecule has 1 saturated carbocycles. The van der Waals surface area contributed by atoms with E-state index in [-0.39, 0.29) is 29.8 Å². The number of ether oxygens (including phenoxy) is 2. The van der Waals surface area contributed by atoms with Crippen molar-refractivity contribution in [2.45, 2.75) is 38.6 Å². The molecule has 0 atom stereocenters. The van der Waals surface area contributed by atoms with Crippen LogP contribution in [0.3, 0.4) is 0 Å². The minimum Gasteiger partial charge on any atom is -0.480 e. The Morgan fingerprint density at radius 2 is 1.89 bits per heavy atom. The Morgan fingerprint density at radius 1 is 1.11 bits per heavy atom. The lowest BCUT2D eigenvalue weighted by atomic mass is 9.89.